The molecule has 0 aliphatic carbocycles. The number of methoxy groups -OCH3 is 1. The highest BCUT2D eigenvalue weighted by atomic mass is 16.6. The molecule has 39 heavy (non-hydrogen) atoms. The zero-order chi connectivity index (χ0) is 29.3. The molecule has 1 aliphatic rings. The van der Waals surface area contributed by atoms with Crippen molar-refractivity contribution in [1.29, 1.82) is 0 Å². The average molecular weight is 552 g/mol. The van der Waals surface area contributed by atoms with Crippen molar-refractivity contribution in [3.8, 4) is 5.75 Å². The highest BCUT2D eigenvalue weighted by Gasteiger charge is 2.21. The van der Waals surface area contributed by atoms with Gasteiger partial charge in [0.1, 0.15) is 17.1 Å². The number of aliphatic carboxylic acids is 2. The summed E-state index contributed by atoms with van der Waals surface area (Å²) in [5.74, 6) is -3.50. The molecule has 1 aromatic carbocycles. The number of hydrogen-bond acceptors (Lipinski definition) is 11. The summed E-state index contributed by atoms with van der Waals surface area (Å²) < 4.78 is 12.9. The van der Waals surface area contributed by atoms with Gasteiger partial charge < -0.3 is 24.6 Å². The molecule has 1 fully saturated rings. The number of nitro groups is 1. The lowest BCUT2D eigenvalue weighted by molar-refractivity contribution is -0.384. The Morgan fingerprint density at radius 1 is 1.00 bits per heavy atom. The minimum absolute atomic E-state index is 0.0138. The predicted octanol–water partition coefficient (Wildman–Crippen LogP) is -0.474. The van der Waals surface area contributed by atoms with Gasteiger partial charge in [-0.1, -0.05) is 0 Å². The molecule has 2 N–H and O–H groups in total. The van der Waals surface area contributed by atoms with Crippen molar-refractivity contribution in [2.45, 2.75) is 6.42 Å². The van der Waals surface area contributed by atoms with Crippen LogP contribution < -0.4 is 20.9 Å². The van der Waals surface area contributed by atoms with E-state index in [0.717, 1.165) is 30.3 Å². The Kier molecular flexibility index (Phi) is 10.7. The van der Waals surface area contributed by atoms with Crippen LogP contribution in [0.3, 0.4) is 0 Å². The first-order chi connectivity index (χ1) is 18.4. The standard InChI is InChI=1S/C21H27N5O7.C2H2O4/c1-22-18(14-19(27)23(2)21(22)29)25-10-8-24(9-11-25)7-4-12-33-17-6-5-15(26(30)31)13-16(17)20(28)32-3;3-1(4)2(5)6/h5-6,13-14H,4,7-12H2,1-3H3;(H,3,4)(H,5,6). The number of hydrogen-bond donors (Lipinski definition) is 2. The van der Waals surface area contributed by atoms with Gasteiger partial charge in [-0.25, -0.2) is 19.2 Å². The van der Waals surface area contributed by atoms with Crippen molar-refractivity contribution < 1.29 is 39.0 Å². The Balaban J connectivity index is 0.000000798. The summed E-state index contributed by atoms with van der Waals surface area (Å²) in [6.07, 6.45) is 0.683. The fraction of sp³-hybridized carbons (Fsp3) is 0.435. The molecule has 0 unspecified atom stereocenters. The summed E-state index contributed by atoms with van der Waals surface area (Å²) in [6, 6.07) is 5.31. The molecule has 3 rings (SSSR count). The summed E-state index contributed by atoms with van der Waals surface area (Å²) in [4.78, 5) is 68.9. The first-order valence-electron chi connectivity index (χ1n) is 11.6. The van der Waals surface area contributed by atoms with E-state index in [2.05, 4.69) is 4.90 Å². The number of anilines is 1. The van der Waals surface area contributed by atoms with Gasteiger partial charge in [-0.05, 0) is 12.5 Å². The van der Waals surface area contributed by atoms with E-state index in [4.69, 9.17) is 29.3 Å². The second kappa shape index (κ2) is 13.7. The van der Waals surface area contributed by atoms with Crippen LogP contribution in [0, 0.1) is 10.1 Å². The maximum Gasteiger partial charge on any atom is 0.414 e. The Morgan fingerprint density at radius 2 is 1.62 bits per heavy atom. The molecule has 0 spiro atoms. The first-order valence-corrected chi connectivity index (χ1v) is 11.6. The minimum atomic E-state index is -1.82. The number of ether oxygens (including phenoxy) is 2. The largest absolute Gasteiger partial charge is 0.493 e. The van der Waals surface area contributed by atoms with Crippen molar-refractivity contribution >= 4 is 29.4 Å². The molecule has 0 atom stereocenters. The smallest absolute Gasteiger partial charge is 0.414 e. The normalized spacial score (nSPS) is 13.2. The third-order valence-electron chi connectivity index (χ3n) is 5.84. The van der Waals surface area contributed by atoms with Gasteiger partial charge in [0, 0.05) is 65.0 Å². The summed E-state index contributed by atoms with van der Waals surface area (Å²) >= 11 is 0. The van der Waals surface area contributed by atoms with Crippen LogP contribution in [0.25, 0.3) is 0 Å². The average Bonchev–Trinajstić information content (AvgIpc) is 2.92. The minimum Gasteiger partial charge on any atom is -0.493 e. The summed E-state index contributed by atoms with van der Waals surface area (Å²) in [6.45, 7) is 3.95. The number of non-ortho nitro benzene ring substituents is 1. The lowest BCUT2D eigenvalue weighted by atomic mass is 10.2. The predicted molar refractivity (Wildman–Crippen MR) is 135 cm³/mol. The number of carboxylic acid groups (broad SMARTS) is 2. The summed E-state index contributed by atoms with van der Waals surface area (Å²) in [5.41, 5.74) is -0.880. The monoisotopic (exact) mass is 551 g/mol. The van der Waals surface area contributed by atoms with Gasteiger partial charge in [-0.3, -0.25) is 28.9 Å². The second-order valence-electron chi connectivity index (χ2n) is 8.31. The molecule has 16 nitrogen and oxygen atoms in total. The Bertz CT molecular complexity index is 1330. The number of nitro benzene ring substituents is 1. The van der Waals surface area contributed by atoms with Crippen molar-refractivity contribution in [2.75, 3.05) is 51.3 Å². The maximum atomic E-state index is 12.2. The van der Waals surface area contributed by atoms with E-state index in [1.54, 1.807) is 7.05 Å². The Labute approximate surface area is 221 Å². The van der Waals surface area contributed by atoms with Crippen LogP contribution in [-0.4, -0.2) is 93.5 Å². The molecule has 1 aliphatic heterocycles. The van der Waals surface area contributed by atoms with E-state index in [-0.39, 0.29) is 28.2 Å². The summed E-state index contributed by atoms with van der Waals surface area (Å²) in [7, 11) is 4.32. The van der Waals surface area contributed by atoms with E-state index in [9.17, 15) is 24.5 Å². The fourth-order valence-electron chi connectivity index (χ4n) is 3.72. The molecule has 0 amide bonds. The van der Waals surface area contributed by atoms with Crippen LogP contribution in [0.4, 0.5) is 11.5 Å². The van der Waals surface area contributed by atoms with E-state index >= 15 is 0 Å². The third kappa shape index (κ3) is 8.13. The van der Waals surface area contributed by atoms with Gasteiger partial charge >= 0.3 is 23.6 Å². The lowest BCUT2D eigenvalue weighted by Gasteiger charge is -2.36. The van der Waals surface area contributed by atoms with E-state index in [1.165, 1.54) is 36.9 Å². The van der Waals surface area contributed by atoms with Gasteiger partial charge in [0.05, 0.1) is 18.6 Å². The van der Waals surface area contributed by atoms with Crippen LogP contribution >= 0.6 is 0 Å². The Morgan fingerprint density at radius 3 is 2.15 bits per heavy atom. The number of rotatable bonds is 8. The van der Waals surface area contributed by atoms with Gasteiger partial charge in [-0.2, -0.15) is 0 Å². The number of esters is 1. The quantitative estimate of drug-likeness (QED) is 0.140. The maximum absolute atomic E-state index is 12.2. The molecule has 1 saturated heterocycles. The number of nitrogens with zero attached hydrogens (tertiary/aromatic N) is 5. The molecule has 0 radical (unpaired) electrons. The van der Waals surface area contributed by atoms with Crippen LogP contribution in [0.15, 0.2) is 33.9 Å². The molecular weight excluding hydrogens is 522 g/mol. The van der Waals surface area contributed by atoms with Crippen molar-refractivity contribution in [3.63, 3.8) is 0 Å². The molecule has 16 heteroatoms. The number of aromatic nitrogens is 2. The van der Waals surface area contributed by atoms with Gasteiger partial charge in [0.2, 0.25) is 0 Å². The number of carboxylic acids is 2. The van der Waals surface area contributed by atoms with Gasteiger partial charge in [0.15, 0.2) is 0 Å². The van der Waals surface area contributed by atoms with Crippen LogP contribution in [-0.2, 0) is 28.4 Å². The molecule has 2 heterocycles. The molecule has 0 saturated carbocycles. The molecule has 212 valence electrons. The SMILES string of the molecule is COC(=O)c1cc([N+](=O)[O-])ccc1OCCCN1CCN(c2cc(=O)n(C)c(=O)n2C)CC1.O=C(O)C(=O)O. The number of carbonyl (C=O) groups excluding carboxylic acids is 1. The van der Waals surface area contributed by atoms with E-state index < -0.39 is 22.8 Å². The lowest BCUT2D eigenvalue weighted by Crippen LogP contribution is -2.49. The number of carbonyl (C=O) groups is 3. The van der Waals surface area contributed by atoms with E-state index in [0.29, 0.717) is 31.9 Å². The number of piperazine rings is 1. The van der Waals surface area contributed by atoms with Crippen molar-refractivity contribution in [1.82, 2.24) is 14.0 Å². The molecule has 1 aromatic heterocycles. The van der Waals surface area contributed by atoms with Crippen molar-refractivity contribution in [3.05, 3.63) is 60.8 Å². The number of benzene rings is 1. The van der Waals surface area contributed by atoms with Gasteiger partial charge in [-0.15, -0.1) is 0 Å². The summed E-state index contributed by atoms with van der Waals surface area (Å²) in [5, 5.41) is 25.7. The third-order valence-corrected chi connectivity index (χ3v) is 5.84. The van der Waals surface area contributed by atoms with Crippen LogP contribution in [0.1, 0.15) is 16.8 Å². The zero-order valence-corrected chi connectivity index (χ0v) is 21.6. The fourth-order valence-corrected chi connectivity index (χ4v) is 3.72. The van der Waals surface area contributed by atoms with Crippen LogP contribution in [0.5, 0.6) is 5.75 Å². The van der Waals surface area contributed by atoms with Gasteiger partial charge in [0.25, 0.3) is 11.2 Å². The first kappa shape index (κ1) is 30.5. The second-order valence-corrected chi connectivity index (χ2v) is 8.31. The molecule has 0 bridgehead atoms. The molecule has 2 aromatic rings. The van der Waals surface area contributed by atoms with E-state index in [1.807, 2.05) is 4.90 Å². The topological polar surface area (TPSA) is 204 Å². The highest BCUT2D eigenvalue weighted by Crippen LogP contribution is 2.25. The highest BCUT2D eigenvalue weighted by molar-refractivity contribution is 6.27. The van der Waals surface area contributed by atoms with Crippen LogP contribution in [0.2, 0.25) is 0 Å². The molecular formula is C23H29N5O11. The zero-order valence-electron chi connectivity index (χ0n) is 21.6. The Hall–Kier alpha value is -4.73. The van der Waals surface area contributed by atoms with Crippen molar-refractivity contribution in [2.24, 2.45) is 14.1 Å².